The van der Waals surface area contributed by atoms with Crippen LogP contribution in [0.4, 0.5) is 10.1 Å². The minimum absolute atomic E-state index is 0.0892. The number of anilines is 1. The van der Waals surface area contributed by atoms with Gasteiger partial charge in [-0.1, -0.05) is 30.3 Å². The first-order valence-electron chi connectivity index (χ1n) is 9.54. The highest BCUT2D eigenvalue weighted by Gasteiger charge is 2.11. The van der Waals surface area contributed by atoms with Crippen LogP contribution in [0.25, 0.3) is 0 Å². The molecule has 4 rings (SSSR count). The molecule has 4 aromatic rings. The molecule has 6 nitrogen and oxygen atoms in total. The molecule has 1 amide bonds. The average molecular weight is 415 g/mol. The van der Waals surface area contributed by atoms with Crippen LogP contribution in [0, 0.1) is 5.82 Å². The molecule has 0 atom stereocenters. The van der Waals surface area contributed by atoms with Gasteiger partial charge in [0.2, 0.25) is 0 Å². The second-order valence-corrected chi connectivity index (χ2v) is 6.73. The summed E-state index contributed by atoms with van der Waals surface area (Å²) in [6.45, 7) is 0.131. The Kier molecular flexibility index (Phi) is 5.84. The fourth-order valence-corrected chi connectivity index (χ4v) is 2.87. The Morgan fingerprint density at radius 2 is 1.55 bits per heavy atom. The van der Waals surface area contributed by atoms with Gasteiger partial charge in [-0.05, 0) is 60.2 Å². The summed E-state index contributed by atoms with van der Waals surface area (Å²) in [5, 5.41) is 6.88. The molecule has 0 spiro atoms. The third kappa shape index (κ3) is 5.22. The summed E-state index contributed by atoms with van der Waals surface area (Å²) >= 11 is 0. The highest BCUT2D eigenvalue weighted by molar-refractivity contribution is 6.02. The van der Waals surface area contributed by atoms with Gasteiger partial charge >= 0.3 is 0 Å². The lowest BCUT2D eigenvalue weighted by molar-refractivity contribution is 0.102. The predicted octanol–water partition coefficient (Wildman–Crippen LogP) is 4.48. The van der Waals surface area contributed by atoms with E-state index in [1.807, 2.05) is 30.3 Å². The van der Waals surface area contributed by atoms with Gasteiger partial charge in [0.15, 0.2) is 0 Å². The number of halogens is 1. The molecule has 1 heterocycles. The summed E-state index contributed by atoms with van der Waals surface area (Å²) in [5.74, 6) is 0.532. The Labute approximate surface area is 177 Å². The van der Waals surface area contributed by atoms with Crippen LogP contribution in [0.3, 0.4) is 0 Å². The highest BCUT2D eigenvalue weighted by Crippen LogP contribution is 2.22. The van der Waals surface area contributed by atoms with E-state index < -0.39 is 5.91 Å². The molecule has 7 heteroatoms. The van der Waals surface area contributed by atoms with E-state index in [2.05, 4.69) is 10.4 Å². The fraction of sp³-hybridized carbons (Fsp3) is 0.0417. The molecular weight excluding hydrogens is 397 g/mol. The normalized spacial score (nSPS) is 10.5. The molecule has 0 aliphatic heterocycles. The SMILES string of the molecule is O=C(Nc1ccc(Oc2ccccc2)cc1)c1ccc(=O)n(Cc2ccc(F)cc2)n1. The molecule has 154 valence electrons. The standard InChI is InChI=1S/C24H18FN3O3/c25-18-8-6-17(7-9-18)16-28-23(29)15-14-22(27-28)24(30)26-19-10-12-21(13-11-19)31-20-4-2-1-3-5-20/h1-15H,16H2,(H,26,30). The van der Waals surface area contributed by atoms with Crippen molar-refractivity contribution < 1.29 is 13.9 Å². The topological polar surface area (TPSA) is 73.2 Å². The Balaban J connectivity index is 1.44. The Morgan fingerprint density at radius 3 is 2.26 bits per heavy atom. The lowest BCUT2D eigenvalue weighted by Crippen LogP contribution is -2.26. The van der Waals surface area contributed by atoms with Gasteiger partial charge in [-0.15, -0.1) is 0 Å². The summed E-state index contributed by atoms with van der Waals surface area (Å²) in [6.07, 6.45) is 0. The van der Waals surface area contributed by atoms with Gasteiger partial charge in [-0.2, -0.15) is 5.10 Å². The fourth-order valence-electron chi connectivity index (χ4n) is 2.87. The van der Waals surface area contributed by atoms with E-state index in [4.69, 9.17) is 4.74 Å². The Morgan fingerprint density at radius 1 is 0.871 bits per heavy atom. The molecule has 0 saturated carbocycles. The van der Waals surface area contributed by atoms with Crippen molar-refractivity contribution in [3.63, 3.8) is 0 Å². The first-order chi connectivity index (χ1) is 15.1. The van der Waals surface area contributed by atoms with Crippen LogP contribution >= 0.6 is 0 Å². The number of carbonyl (C=O) groups excluding carboxylic acids is 1. The third-order valence-corrected chi connectivity index (χ3v) is 4.44. The van der Waals surface area contributed by atoms with Crippen LogP contribution in [0.5, 0.6) is 11.5 Å². The number of amides is 1. The van der Waals surface area contributed by atoms with Gasteiger partial charge in [0.05, 0.1) is 6.54 Å². The zero-order chi connectivity index (χ0) is 21.6. The van der Waals surface area contributed by atoms with Crippen LogP contribution in [-0.2, 0) is 6.54 Å². The number of nitrogens with one attached hydrogen (secondary N) is 1. The van der Waals surface area contributed by atoms with Crippen LogP contribution in [-0.4, -0.2) is 15.7 Å². The number of hydrogen-bond donors (Lipinski definition) is 1. The molecule has 0 aliphatic carbocycles. The van der Waals surface area contributed by atoms with E-state index in [0.29, 0.717) is 22.7 Å². The maximum Gasteiger partial charge on any atom is 0.276 e. The molecule has 0 saturated heterocycles. The maximum atomic E-state index is 13.1. The Bertz CT molecular complexity index is 1240. The number of rotatable bonds is 6. The summed E-state index contributed by atoms with van der Waals surface area (Å²) in [6, 6.07) is 24.7. The van der Waals surface area contributed by atoms with Gasteiger partial charge in [-0.25, -0.2) is 9.07 Å². The molecular formula is C24H18FN3O3. The minimum atomic E-state index is -0.454. The molecule has 1 N–H and O–H groups in total. The molecule has 0 fully saturated rings. The van der Waals surface area contributed by atoms with Gasteiger partial charge in [0.25, 0.3) is 11.5 Å². The van der Waals surface area contributed by atoms with E-state index in [0.717, 1.165) is 0 Å². The van der Waals surface area contributed by atoms with Gasteiger partial charge in [-0.3, -0.25) is 9.59 Å². The van der Waals surface area contributed by atoms with Crippen molar-refractivity contribution in [2.45, 2.75) is 6.54 Å². The molecule has 0 radical (unpaired) electrons. The van der Waals surface area contributed by atoms with Crippen LogP contribution in [0.2, 0.25) is 0 Å². The van der Waals surface area contributed by atoms with Gasteiger partial charge in [0, 0.05) is 11.8 Å². The lowest BCUT2D eigenvalue weighted by atomic mass is 10.2. The zero-order valence-corrected chi connectivity index (χ0v) is 16.4. The van der Waals surface area contributed by atoms with Crippen molar-refractivity contribution in [1.82, 2.24) is 9.78 Å². The smallest absolute Gasteiger partial charge is 0.276 e. The molecule has 0 bridgehead atoms. The number of hydrogen-bond acceptors (Lipinski definition) is 4. The first-order valence-corrected chi connectivity index (χ1v) is 9.54. The van der Waals surface area contributed by atoms with Crippen molar-refractivity contribution in [3.05, 3.63) is 118 Å². The number of benzene rings is 3. The number of aromatic nitrogens is 2. The largest absolute Gasteiger partial charge is 0.457 e. The van der Waals surface area contributed by atoms with Crippen molar-refractivity contribution in [1.29, 1.82) is 0 Å². The first kappa shape index (κ1) is 20.0. The maximum absolute atomic E-state index is 13.1. The average Bonchev–Trinajstić information content (AvgIpc) is 2.79. The number of carbonyl (C=O) groups is 1. The Hall–Kier alpha value is -4.26. The van der Waals surface area contributed by atoms with Crippen molar-refractivity contribution in [3.8, 4) is 11.5 Å². The van der Waals surface area contributed by atoms with E-state index in [1.54, 1.807) is 36.4 Å². The van der Waals surface area contributed by atoms with Crippen LogP contribution in [0.1, 0.15) is 16.1 Å². The molecule has 31 heavy (non-hydrogen) atoms. The minimum Gasteiger partial charge on any atom is -0.457 e. The van der Waals surface area contributed by atoms with E-state index in [-0.39, 0.29) is 23.6 Å². The monoisotopic (exact) mass is 415 g/mol. The van der Waals surface area contributed by atoms with E-state index >= 15 is 0 Å². The number of nitrogens with zero attached hydrogens (tertiary/aromatic N) is 2. The molecule has 0 aliphatic rings. The van der Waals surface area contributed by atoms with Gasteiger partial charge < -0.3 is 10.1 Å². The summed E-state index contributed by atoms with van der Waals surface area (Å²) in [7, 11) is 0. The quantitative estimate of drug-likeness (QED) is 0.504. The predicted molar refractivity (Wildman–Crippen MR) is 115 cm³/mol. The second-order valence-electron chi connectivity index (χ2n) is 6.73. The van der Waals surface area contributed by atoms with Crippen molar-refractivity contribution in [2.75, 3.05) is 5.32 Å². The third-order valence-electron chi connectivity index (χ3n) is 4.44. The molecule has 3 aromatic carbocycles. The zero-order valence-electron chi connectivity index (χ0n) is 16.4. The van der Waals surface area contributed by atoms with Crippen molar-refractivity contribution in [2.24, 2.45) is 0 Å². The number of ether oxygens (including phenoxy) is 1. The van der Waals surface area contributed by atoms with Crippen LogP contribution < -0.4 is 15.6 Å². The lowest BCUT2D eigenvalue weighted by Gasteiger charge is -2.09. The number of para-hydroxylation sites is 1. The summed E-state index contributed by atoms with van der Waals surface area (Å²) in [4.78, 5) is 24.7. The molecule has 1 aromatic heterocycles. The molecule has 0 unspecified atom stereocenters. The van der Waals surface area contributed by atoms with E-state index in [9.17, 15) is 14.0 Å². The van der Waals surface area contributed by atoms with Crippen molar-refractivity contribution >= 4 is 11.6 Å². The summed E-state index contributed by atoms with van der Waals surface area (Å²) < 4.78 is 20.0. The second kappa shape index (κ2) is 9.04. The summed E-state index contributed by atoms with van der Waals surface area (Å²) in [5.41, 5.74) is 0.987. The van der Waals surface area contributed by atoms with Gasteiger partial charge in [0.1, 0.15) is 23.0 Å². The highest BCUT2D eigenvalue weighted by atomic mass is 19.1. The van der Waals surface area contributed by atoms with Crippen LogP contribution in [0.15, 0.2) is 95.8 Å². The van der Waals surface area contributed by atoms with E-state index in [1.165, 1.54) is 28.9 Å².